The summed E-state index contributed by atoms with van der Waals surface area (Å²) < 4.78 is 9.35. The minimum Gasteiger partial charge on any atom is -0.497 e. The SMILES string of the molecule is COc1cccc(-c2nnc(SCc3cn4cc(C)ccc4n3)n2C)c1. The summed E-state index contributed by atoms with van der Waals surface area (Å²) in [5.41, 5.74) is 4.17. The largest absolute Gasteiger partial charge is 0.497 e. The third-order valence-corrected chi connectivity index (χ3v) is 5.21. The lowest BCUT2D eigenvalue weighted by Gasteiger charge is -2.05. The van der Waals surface area contributed by atoms with E-state index in [2.05, 4.69) is 45.0 Å². The maximum Gasteiger partial charge on any atom is 0.191 e. The van der Waals surface area contributed by atoms with Gasteiger partial charge in [-0.3, -0.25) is 0 Å². The van der Waals surface area contributed by atoms with Crippen LogP contribution in [0.3, 0.4) is 0 Å². The van der Waals surface area contributed by atoms with E-state index < -0.39 is 0 Å². The molecule has 0 atom stereocenters. The van der Waals surface area contributed by atoms with Gasteiger partial charge in [0, 0.05) is 30.8 Å². The Balaban J connectivity index is 1.54. The molecule has 7 heteroatoms. The number of nitrogens with zero attached hydrogens (tertiary/aromatic N) is 5. The Morgan fingerprint density at radius 2 is 2.00 bits per heavy atom. The van der Waals surface area contributed by atoms with Crippen molar-refractivity contribution in [3.05, 3.63) is 60.0 Å². The number of ether oxygens (including phenoxy) is 1. The number of benzene rings is 1. The molecule has 0 saturated carbocycles. The summed E-state index contributed by atoms with van der Waals surface area (Å²) in [6.07, 6.45) is 4.15. The second-order valence-corrected chi connectivity index (χ2v) is 7.03. The van der Waals surface area contributed by atoms with Crippen LogP contribution in [0.25, 0.3) is 17.0 Å². The molecule has 0 aliphatic rings. The van der Waals surface area contributed by atoms with Gasteiger partial charge in [0.05, 0.1) is 12.8 Å². The number of aromatic nitrogens is 5. The first-order valence-electron chi connectivity index (χ1n) is 8.25. The van der Waals surface area contributed by atoms with Crippen molar-refractivity contribution in [2.75, 3.05) is 7.11 Å². The van der Waals surface area contributed by atoms with Crippen molar-refractivity contribution in [1.29, 1.82) is 0 Å². The molecule has 0 saturated heterocycles. The van der Waals surface area contributed by atoms with Crippen molar-refractivity contribution in [3.8, 4) is 17.1 Å². The van der Waals surface area contributed by atoms with Gasteiger partial charge in [-0.05, 0) is 30.7 Å². The maximum atomic E-state index is 5.29. The van der Waals surface area contributed by atoms with Gasteiger partial charge in [0.15, 0.2) is 11.0 Å². The summed E-state index contributed by atoms with van der Waals surface area (Å²) in [6.45, 7) is 2.08. The van der Waals surface area contributed by atoms with E-state index in [1.165, 1.54) is 5.56 Å². The molecule has 132 valence electrons. The van der Waals surface area contributed by atoms with Crippen LogP contribution >= 0.6 is 11.8 Å². The molecule has 3 aromatic heterocycles. The van der Waals surface area contributed by atoms with Crippen LogP contribution in [0, 0.1) is 6.92 Å². The van der Waals surface area contributed by atoms with Crippen LogP contribution in [-0.2, 0) is 12.8 Å². The maximum absolute atomic E-state index is 5.29. The number of thioether (sulfide) groups is 1. The Morgan fingerprint density at radius 1 is 1.12 bits per heavy atom. The number of methoxy groups -OCH3 is 1. The van der Waals surface area contributed by atoms with E-state index in [1.54, 1.807) is 18.9 Å². The predicted molar refractivity (Wildman–Crippen MR) is 102 cm³/mol. The van der Waals surface area contributed by atoms with Gasteiger partial charge in [0.2, 0.25) is 0 Å². The zero-order valence-corrected chi connectivity index (χ0v) is 15.7. The summed E-state index contributed by atoms with van der Waals surface area (Å²) >= 11 is 1.63. The van der Waals surface area contributed by atoms with Crippen molar-refractivity contribution in [3.63, 3.8) is 0 Å². The Bertz CT molecular complexity index is 1070. The number of rotatable bonds is 5. The third kappa shape index (κ3) is 3.17. The highest BCUT2D eigenvalue weighted by atomic mass is 32.2. The minimum atomic E-state index is 0.741. The van der Waals surface area contributed by atoms with E-state index >= 15 is 0 Å². The lowest BCUT2D eigenvalue weighted by molar-refractivity contribution is 0.415. The average Bonchev–Trinajstić information content (AvgIpc) is 3.22. The van der Waals surface area contributed by atoms with Crippen LogP contribution in [0.5, 0.6) is 5.75 Å². The van der Waals surface area contributed by atoms with Gasteiger partial charge >= 0.3 is 0 Å². The molecule has 0 bridgehead atoms. The summed E-state index contributed by atoms with van der Waals surface area (Å²) in [5.74, 6) is 2.36. The minimum absolute atomic E-state index is 0.741. The number of pyridine rings is 1. The van der Waals surface area contributed by atoms with Crippen molar-refractivity contribution < 1.29 is 4.74 Å². The molecule has 0 radical (unpaired) electrons. The molecule has 0 fully saturated rings. The fourth-order valence-electron chi connectivity index (χ4n) is 2.82. The van der Waals surface area contributed by atoms with Crippen LogP contribution in [0.15, 0.2) is 53.9 Å². The Morgan fingerprint density at radius 3 is 2.85 bits per heavy atom. The molecule has 1 aromatic carbocycles. The molecule has 0 N–H and O–H groups in total. The molecular formula is C19H19N5OS. The van der Waals surface area contributed by atoms with Crippen LogP contribution < -0.4 is 4.74 Å². The van der Waals surface area contributed by atoms with Crippen LogP contribution in [0.4, 0.5) is 0 Å². The van der Waals surface area contributed by atoms with Crippen molar-refractivity contribution in [1.82, 2.24) is 24.1 Å². The molecular weight excluding hydrogens is 346 g/mol. The highest BCUT2D eigenvalue weighted by Gasteiger charge is 2.13. The van der Waals surface area contributed by atoms with E-state index in [-0.39, 0.29) is 0 Å². The molecule has 6 nitrogen and oxygen atoms in total. The smallest absolute Gasteiger partial charge is 0.191 e. The Labute approximate surface area is 155 Å². The molecule has 0 unspecified atom stereocenters. The highest BCUT2D eigenvalue weighted by Crippen LogP contribution is 2.27. The normalized spacial score (nSPS) is 11.2. The first-order valence-corrected chi connectivity index (χ1v) is 9.23. The van der Waals surface area contributed by atoms with Crippen molar-refractivity contribution in [2.45, 2.75) is 17.8 Å². The third-order valence-electron chi connectivity index (χ3n) is 4.16. The van der Waals surface area contributed by atoms with E-state index in [4.69, 9.17) is 4.74 Å². The topological polar surface area (TPSA) is 57.2 Å². The molecule has 0 aliphatic heterocycles. The van der Waals surface area contributed by atoms with Crippen molar-refractivity contribution >= 4 is 17.4 Å². The second kappa shape index (κ2) is 6.84. The van der Waals surface area contributed by atoms with E-state index in [0.717, 1.165) is 39.4 Å². The summed E-state index contributed by atoms with van der Waals surface area (Å²) in [5, 5.41) is 9.53. The fraction of sp³-hybridized carbons (Fsp3) is 0.211. The van der Waals surface area contributed by atoms with E-state index in [0.29, 0.717) is 0 Å². The molecule has 4 aromatic rings. The molecule has 0 amide bonds. The lowest BCUT2D eigenvalue weighted by Crippen LogP contribution is -1.95. The first-order chi connectivity index (χ1) is 12.6. The number of hydrogen-bond donors (Lipinski definition) is 0. The zero-order valence-electron chi connectivity index (χ0n) is 14.9. The monoisotopic (exact) mass is 365 g/mol. The molecule has 3 heterocycles. The number of imidazole rings is 1. The highest BCUT2D eigenvalue weighted by molar-refractivity contribution is 7.98. The first kappa shape index (κ1) is 16.7. The lowest BCUT2D eigenvalue weighted by atomic mass is 10.2. The predicted octanol–water partition coefficient (Wildman–Crippen LogP) is 3.74. The molecule has 4 rings (SSSR count). The van der Waals surface area contributed by atoms with E-state index in [9.17, 15) is 0 Å². The molecule has 26 heavy (non-hydrogen) atoms. The van der Waals surface area contributed by atoms with Crippen LogP contribution in [0.1, 0.15) is 11.3 Å². The number of aryl methyl sites for hydroxylation is 1. The molecule has 0 aliphatic carbocycles. The quantitative estimate of drug-likeness (QED) is 0.504. The van der Waals surface area contributed by atoms with Gasteiger partial charge in [-0.1, -0.05) is 30.0 Å². The Kier molecular flexibility index (Phi) is 4.38. The van der Waals surface area contributed by atoms with E-state index in [1.807, 2.05) is 41.9 Å². The van der Waals surface area contributed by atoms with Gasteiger partial charge in [-0.15, -0.1) is 10.2 Å². The van der Waals surface area contributed by atoms with Crippen molar-refractivity contribution in [2.24, 2.45) is 7.05 Å². The fourth-order valence-corrected chi connectivity index (χ4v) is 3.61. The van der Waals surface area contributed by atoms with Crippen LogP contribution in [0.2, 0.25) is 0 Å². The van der Waals surface area contributed by atoms with Gasteiger partial charge in [0.25, 0.3) is 0 Å². The number of fused-ring (bicyclic) bond motifs is 1. The van der Waals surface area contributed by atoms with Gasteiger partial charge in [0.1, 0.15) is 11.4 Å². The summed E-state index contributed by atoms with van der Waals surface area (Å²) in [4.78, 5) is 4.65. The summed E-state index contributed by atoms with van der Waals surface area (Å²) in [7, 11) is 3.64. The zero-order chi connectivity index (χ0) is 18.1. The molecule has 0 spiro atoms. The number of hydrogen-bond acceptors (Lipinski definition) is 5. The summed E-state index contributed by atoms with van der Waals surface area (Å²) in [6, 6.07) is 11.9. The van der Waals surface area contributed by atoms with Gasteiger partial charge in [-0.25, -0.2) is 4.98 Å². The van der Waals surface area contributed by atoms with Gasteiger partial charge < -0.3 is 13.7 Å². The Hall–Kier alpha value is -2.80. The van der Waals surface area contributed by atoms with Crippen LogP contribution in [-0.4, -0.2) is 31.3 Å². The van der Waals surface area contributed by atoms with Gasteiger partial charge in [-0.2, -0.15) is 0 Å². The second-order valence-electron chi connectivity index (χ2n) is 6.09. The average molecular weight is 365 g/mol. The standard InChI is InChI=1S/C19H19N5OS/c1-13-7-8-17-20-15(11-24(17)10-13)12-26-19-22-21-18(23(19)2)14-5-4-6-16(9-14)25-3/h4-11H,12H2,1-3H3.